The summed E-state index contributed by atoms with van der Waals surface area (Å²) in [6.07, 6.45) is 0.704. The molecule has 0 aromatic heterocycles. The Balaban J connectivity index is 1.72. The van der Waals surface area contributed by atoms with Crippen molar-refractivity contribution in [2.75, 3.05) is 6.54 Å². The molecule has 2 aromatic rings. The number of fused-ring (bicyclic) bond motifs is 1. The smallest absolute Gasteiger partial charge is 0.289 e. The highest BCUT2D eigenvalue weighted by molar-refractivity contribution is 7.89. The van der Waals surface area contributed by atoms with Crippen molar-refractivity contribution in [1.82, 2.24) is 10.0 Å². The largest absolute Gasteiger partial charge is 0.308 e. The van der Waals surface area contributed by atoms with Crippen LogP contribution in [0.5, 0.6) is 0 Å². The third-order valence-electron chi connectivity index (χ3n) is 4.04. The minimum absolute atomic E-state index is 0.0579. The van der Waals surface area contributed by atoms with E-state index < -0.39 is 20.6 Å². The predicted octanol–water partition coefficient (Wildman–Crippen LogP) is 1.59. The van der Waals surface area contributed by atoms with Gasteiger partial charge in [-0.3, -0.25) is 10.1 Å². The van der Waals surface area contributed by atoms with Crippen molar-refractivity contribution in [2.45, 2.75) is 23.9 Å². The first-order chi connectivity index (χ1) is 11.5. The van der Waals surface area contributed by atoms with E-state index in [0.29, 0.717) is 13.0 Å². The Morgan fingerprint density at radius 2 is 1.79 bits per heavy atom. The van der Waals surface area contributed by atoms with Gasteiger partial charge in [-0.2, -0.15) is 0 Å². The predicted molar refractivity (Wildman–Crippen MR) is 89.1 cm³/mol. The monoisotopic (exact) mass is 347 g/mol. The molecule has 0 bridgehead atoms. The molecule has 2 N–H and O–H groups in total. The van der Waals surface area contributed by atoms with Gasteiger partial charge in [-0.25, -0.2) is 13.1 Å². The number of para-hydroxylation sites is 1. The van der Waals surface area contributed by atoms with Crippen LogP contribution in [0.1, 0.15) is 11.1 Å². The van der Waals surface area contributed by atoms with Crippen LogP contribution in [0.2, 0.25) is 0 Å². The van der Waals surface area contributed by atoms with E-state index in [2.05, 4.69) is 10.0 Å². The van der Waals surface area contributed by atoms with Crippen molar-refractivity contribution in [3.63, 3.8) is 0 Å². The van der Waals surface area contributed by atoms with Crippen LogP contribution in [0.25, 0.3) is 0 Å². The Kier molecular flexibility index (Phi) is 4.61. The molecule has 8 heteroatoms. The summed E-state index contributed by atoms with van der Waals surface area (Å²) in [6, 6.07) is 13.3. The maximum Gasteiger partial charge on any atom is 0.289 e. The normalized spacial score (nSPS) is 17.2. The molecule has 0 fully saturated rings. The molecule has 1 aliphatic rings. The molecule has 0 saturated carbocycles. The molecule has 2 aromatic carbocycles. The highest BCUT2D eigenvalue weighted by atomic mass is 32.2. The number of nitro groups is 1. The van der Waals surface area contributed by atoms with Crippen LogP contribution >= 0.6 is 0 Å². The average Bonchev–Trinajstić information content (AvgIpc) is 2.60. The van der Waals surface area contributed by atoms with Crippen LogP contribution in [0.15, 0.2) is 53.4 Å². The molecule has 0 radical (unpaired) electrons. The fraction of sp³-hybridized carbons (Fsp3) is 0.250. The summed E-state index contributed by atoms with van der Waals surface area (Å²) in [6.45, 7) is 0.844. The number of nitrogens with zero attached hydrogens (tertiary/aromatic N) is 1. The van der Waals surface area contributed by atoms with E-state index in [0.717, 1.165) is 0 Å². The van der Waals surface area contributed by atoms with Crippen molar-refractivity contribution in [2.24, 2.45) is 0 Å². The van der Waals surface area contributed by atoms with Crippen molar-refractivity contribution >= 4 is 15.7 Å². The SMILES string of the molecule is O=[N+]([O-])c1ccccc1S(=O)(=O)NCC1Cc2ccccc2CN1. The second-order valence-electron chi connectivity index (χ2n) is 5.63. The molecule has 126 valence electrons. The number of benzene rings is 2. The molecule has 0 saturated heterocycles. The minimum Gasteiger partial charge on any atom is -0.308 e. The van der Waals surface area contributed by atoms with Gasteiger partial charge >= 0.3 is 0 Å². The second kappa shape index (κ2) is 6.68. The number of hydrogen-bond acceptors (Lipinski definition) is 5. The zero-order valence-electron chi connectivity index (χ0n) is 12.8. The molecule has 3 rings (SSSR count). The Morgan fingerprint density at radius 1 is 1.12 bits per heavy atom. The van der Waals surface area contributed by atoms with E-state index in [-0.39, 0.29) is 17.5 Å². The van der Waals surface area contributed by atoms with Gasteiger partial charge in [0.15, 0.2) is 4.90 Å². The Bertz CT molecular complexity index is 867. The molecule has 1 atom stereocenters. The van der Waals surface area contributed by atoms with Gasteiger partial charge in [0.05, 0.1) is 4.92 Å². The molecule has 24 heavy (non-hydrogen) atoms. The minimum atomic E-state index is -3.94. The summed E-state index contributed by atoms with van der Waals surface area (Å²) in [7, 11) is -3.94. The molecular formula is C16H17N3O4S. The van der Waals surface area contributed by atoms with Crippen molar-refractivity contribution < 1.29 is 13.3 Å². The maximum atomic E-state index is 12.4. The molecular weight excluding hydrogens is 330 g/mol. The highest BCUT2D eigenvalue weighted by Crippen LogP contribution is 2.23. The third kappa shape index (κ3) is 3.45. The van der Waals surface area contributed by atoms with E-state index in [1.54, 1.807) is 0 Å². The molecule has 1 unspecified atom stereocenters. The van der Waals surface area contributed by atoms with Gasteiger partial charge in [0.1, 0.15) is 0 Å². The van der Waals surface area contributed by atoms with Crippen LogP contribution in [0, 0.1) is 10.1 Å². The van der Waals surface area contributed by atoms with E-state index in [4.69, 9.17) is 0 Å². The Hall–Kier alpha value is -2.29. The lowest BCUT2D eigenvalue weighted by Crippen LogP contribution is -2.44. The first kappa shape index (κ1) is 16.6. The summed E-state index contributed by atoms with van der Waals surface area (Å²) in [5, 5.41) is 14.3. The van der Waals surface area contributed by atoms with Gasteiger partial charge in [-0.15, -0.1) is 0 Å². The lowest BCUT2D eigenvalue weighted by molar-refractivity contribution is -0.387. The molecule has 1 heterocycles. The number of nitro benzene ring substituents is 1. The summed E-state index contributed by atoms with van der Waals surface area (Å²) in [5.41, 5.74) is 1.97. The highest BCUT2D eigenvalue weighted by Gasteiger charge is 2.26. The zero-order valence-corrected chi connectivity index (χ0v) is 13.6. The lowest BCUT2D eigenvalue weighted by atomic mass is 9.96. The maximum absolute atomic E-state index is 12.4. The van der Waals surface area contributed by atoms with Crippen molar-refractivity contribution in [3.05, 3.63) is 69.8 Å². The van der Waals surface area contributed by atoms with Gasteiger partial charge in [-0.1, -0.05) is 36.4 Å². The van der Waals surface area contributed by atoms with Crippen molar-refractivity contribution in [1.29, 1.82) is 0 Å². The Morgan fingerprint density at radius 3 is 2.54 bits per heavy atom. The van der Waals surface area contributed by atoms with Gasteiger partial charge in [0.2, 0.25) is 10.0 Å². The van der Waals surface area contributed by atoms with Crippen LogP contribution in [0.4, 0.5) is 5.69 Å². The summed E-state index contributed by atoms with van der Waals surface area (Å²) in [5.74, 6) is 0. The fourth-order valence-electron chi connectivity index (χ4n) is 2.79. The number of sulfonamides is 1. The first-order valence-corrected chi connectivity index (χ1v) is 8.99. The van der Waals surface area contributed by atoms with Gasteiger partial charge in [0, 0.05) is 25.2 Å². The number of rotatable bonds is 5. The van der Waals surface area contributed by atoms with Crippen LogP contribution in [-0.2, 0) is 23.0 Å². The third-order valence-corrected chi connectivity index (χ3v) is 5.51. The van der Waals surface area contributed by atoms with Crippen molar-refractivity contribution in [3.8, 4) is 0 Å². The van der Waals surface area contributed by atoms with Crippen LogP contribution in [-0.4, -0.2) is 25.9 Å². The second-order valence-corrected chi connectivity index (χ2v) is 7.36. The quantitative estimate of drug-likeness (QED) is 0.632. The zero-order chi connectivity index (χ0) is 17.2. The van der Waals surface area contributed by atoms with Gasteiger partial charge in [-0.05, 0) is 23.6 Å². The topological polar surface area (TPSA) is 101 Å². The lowest BCUT2D eigenvalue weighted by Gasteiger charge is -2.26. The number of nitrogens with one attached hydrogen (secondary N) is 2. The summed E-state index contributed by atoms with van der Waals surface area (Å²) < 4.78 is 27.3. The van der Waals surface area contributed by atoms with E-state index >= 15 is 0 Å². The van der Waals surface area contributed by atoms with E-state index in [1.165, 1.54) is 35.4 Å². The molecule has 0 spiro atoms. The molecule has 1 aliphatic heterocycles. The van der Waals surface area contributed by atoms with Crippen LogP contribution in [0.3, 0.4) is 0 Å². The molecule has 7 nitrogen and oxygen atoms in total. The summed E-state index contributed by atoms with van der Waals surface area (Å²) >= 11 is 0. The van der Waals surface area contributed by atoms with E-state index in [9.17, 15) is 18.5 Å². The van der Waals surface area contributed by atoms with E-state index in [1.807, 2.05) is 24.3 Å². The average molecular weight is 347 g/mol. The first-order valence-electron chi connectivity index (χ1n) is 7.50. The Labute approximate surface area is 139 Å². The number of hydrogen-bond donors (Lipinski definition) is 2. The standard InChI is InChI=1S/C16H17N3O4S/c20-19(21)15-7-3-4-8-16(15)24(22,23)18-11-14-9-12-5-1-2-6-13(12)10-17-14/h1-8,14,17-18H,9-11H2. The summed E-state index contributed by atoms with van der Waals surface area (Å²) in [4.78, 5) is 10.0. The van der Waals surface area contributed by atoms with Crippen LogP contribution < -0.4 is 10.0 Å². The molecule has 0 aliphatic carbocycles. The van der Waals surface area contributed by atoms with Gasteiger partial charge < -0.3 is 5.32 Å². The molecule has 0 amide bonds. The van der Waals surface area contributed by atoms with Gasteiger partial charge in [0.25, 0.3) is 5.69 Å². The fourth-order valence-corrected chi connectivity index (χ4v) is 4.04.